The Labute approximate surface area is 86.1 Å². The fourth-order valence-corrected chi connectivity index (χ4v) is 2.07. The summed E-state index contributed by atoms with van der Waals surface area (Å²) in [6.45, 7) is 0. The van der Waals surface area contributed by atoms with Crippen molar-refractivity contribution in [1.82, 2.24) is 0 Å². The fourth-order valence-electron chi connectivity index (χ4n) is 1.69. The molecule has 0 aliphatic heterocycles. The van der Waals surface area contributed by atoms with Crippen molar-refractivity contribution in [3.63, 3.8) is 0 Å². The number of hydrogen-bond acceptors (Lipinski definition) is 2. The van der Waals surface area contributed by atoms with Crippen LogP contribution in [0.5, 0.6) is 0 Å². The van der Waals surface area contributed by atoms with Crippen LogP contribution in [-0.2, 0) is 6.42 Å². The van der Waals surface area contributed by atoms with Crippen LogP contribution in [0, 0.1) is 5.92 Å². The number of rotatable bonds is 3. The van der Waals surface area contributed by atoms with Crippen LogP contribution in [0.3, 0.4) is 0 Å². The number of halogens is 1. The van der Waals surface area contributed by atoms with Crippen LogP contribution in [-0.4, -0.2) is 11.2 Å². The Hall–Kier alpha value is -0.280. The molecule has 0 spiro atoms. The standard InChI is InChI=1S/C10H13BrO2/c11-10-5-7(6-13-10)4-9(12)8-2-1-3-8/h5-6,8-9,12H,1-4H2. The van der Waals surface area contributed by atoms with Crippen LogP contribution in [0.25, 0.3) is 0 Å². The molecule has 3 heteroatoms. The van der Waals surface area contributed by atoms with Crippen molar-refractivity contribution in [1.29, 1.82) is 0 Å². The molecule has 1 atom stereocenters. The highest BCUT2D eigenvalue weighted by Crippen LogP contribution is 2.31. The summed E-state index contributed by atoms with van der Waals surface area (Å²) < 4.78 is 5.84. The third kappa shape index (κ3) is 2.15. The van der Waals surface area contributed by atoms with Crippen LogP contribution in [0.1, 0.15) is 24.8 Å². The summed E-state index contributed by atoms with van der Waals surface area (Å²) in [5.74, 6) is 0.522. The van der Waals surface area contributed by atoms with Gasteiger partial charge in [-0.2, -0.15) is 0 Å². The molecule has 2 rings (SSSR count). The maximum absolute atomic E-state index is 9.77. The Balaban J connectivity index is 1.89. The summed E-state index contributed by atoms with van der Waals surface area (Å²) in [6, 6.07) is 1.92. The largest absolute Gasteiger partial charge is 0.457 e. The van der Waals surface area contributed by atoms with E-state index in [9.17, 15) is 5.11 Å². The van der Waals surface area contributed by atoms with Crippen molar-refractivity contribution < 1.29 is 9.52 Å². The minimum absolute atomic E-state index is 0.182. The number of aliphatic hydroxyl groups is 1. The zero-order valence-electron chi connectivity index (χ0n) is 7.37. The van der Waals surface area contributed by atoms with Gasteiger partial charge in [-0.15, -0.1) is 0 Å². The molecule has 0 bridgehead atoms. The lowest BCUT2D eigenvalue weighted by atomic mass is 9.79. The lowest BCUT2D eigenvalue weighted by Gasteiger charge is -2.29. The topological polar surface area (TPSA) is 33.4 Å². The molecule has 1 heterocycles. The maximum Gasteiger partial charge on any atom is 0.169 e. The van der Waals surface area contributed by atoms with E-state index in [1.807, 2.05) is 6.07 Å². The first-order valence-electron chi connectivity index (χ1n) is 4.66. The smallest absolute Gasteiger partial charge is 0.169 e. The van der Waals surface area contributed by atoms with E-state index >= 15 is 0 Å². The minimum Gasteiger partial charge on any atom is -0.457 e. The summed E-state index contributed by atoms with van der Waals surface area (Å²) >= 11 is 3.24. The molecule has 0 radical (unpaired) electrons. The Morgan fingerprint density at radius 1 is 1.62 bits per heavy atom. The quantitative estimate of drug-likeness (QED) is 0.888. The van der Waals surface area contributed by atoms with Gasteiger partial charge in [0.2, 0.25) is 0 Å². The van der Waals surface area contributed by atoms with Crippen LogP contribution in [0.2, 0.25) is 0 Å². The average molecular weight is 245 g/mol. The maximum atomic E-state index is 9.77. The molecule has 0 amide bonds. The molecule has 1 aromatic rings. The van der Waals surface area contributed by atoms with Gasteiger partial charge in [-0.05, 0) is 46.3 Å². The monoisotopic (exact) mass is 244 g/mol. The summed E-state index contributed by atoms with van der Waals surface area (Å²) in [6.07, 6.45) is 5.88. The first-order chi connectivity index (χ1) is 6.25. The Bertz CT molecular complexity index is 278. The molecular formula is C10H13BrO2. The van der Waals surface area contributed by atoms with E-state index in [1.54, 1.807) is 6.26 Å². The Morgan fingerprint density at radius 2 is 2.38 bits per heavy atom. The van der Waals surface area contributed by atoms with E-state index in [0.717, 1.165) is 16.7 Å². The predicted molar refractivity (Wildman–Crippen MR) is 53.5 cm³/mol. The van der Waals surface area contributed by atoms with Crippen LogP contribution < -0.4 is 0 Å². The van der Waals surface area contributed by atoms with E-state index in [4.69, 9.17) is 4.42 Å². The van der Waals surface area contributed by atoms with Crippen molar-refractivity contribution in [2.75, 3.05) is 0 Å². The van der Waals surface area contributed by atoms with Gasteiger partial charge >= 0.3 is 0 Å². The van der Waals surface area contributed by atoms with Gasteiger partial charge in [0.25, 0.3) is 0 Å². The Morgan fingerprint density at radius 3 is 2.85 bits per heavy atom. The highest BCUT2D eigenvalue weighted by Gasteiger charge is 2.25. The summed E-state index contributed by atoms with van der Waals surface area (Å²) in [5, 5.41) is 9.77. The first-order valence-corrected chi connectivity index (χ1v) is 5.46. The molecule has 1 fully saturated rings. The molecule has 0 aromatic carbocycles. The van der Waals surface area contributed by atoms with E-state index in [-0.39, 0.29) is 6.10 Å². The minimum atomic E-state index is -0.182. The zero-order chi connectivity index (χ0) is 9.26. The van der Waals surface area contributed by atoms with Crippen molar-refractivity contribution in [3.8, 4) is 0 Å². The fraction of sp³-hybridized carbons (Fsp3) is 0.600. The van der Waals surface area contributed by atoms with E-state index in [1.165, 1.54) is 19.3 Å². The lowest BCUT2D eigenvalue weighted by molar-refractivity contribution is 0.0629. The number of furan rings is 1. The van der Waals surface area contributed by atoms with Crippen molar-refractivity contribution in [3.05, 3.63) is 22.6 Å². The predicted octanol–water partition coefficient (Wildman–Crippen LogP) is 2.75. The van der Waals surface area contributed by atoms with E-state index in [0.29, 0.717) is 5.92 Å². The Kier molecular flexibility index (Phi) is 2.74. The van der Waals surface area contributed by atoms with Gasteiger partial charge in [-0.25, -0.2) is 0 Å². The molecule has 2 nitrogen and oxygen atoms in total. The SMILES string of the molecule is OC(Cc1coc(Br)c1)C1CCC1. The summed E-state index contributed by atoms with van der Waals surface area (Å²) in [7, 11) is 0. The van der Waals surface area contributed by atoms with Crippen molar-refractivity contribution in [2.45, 2.75) is 31.8 Å². The molecule has 72 valence electrons. The lowest BCUT2D eigenvalue weighted by Crippen LogP contribution is -2.28. The van der Waals surface area contributed by atoms with Gasteiger partial charge in [0.1, 0.15) is 0 Å². The molecule has 1 saturated carbocycles. The molecule has 1 aliphatic rings. The van der Waals surface area contributed by atoms with Gasteiger partial charge in [-0.3, -0.25) is 0 Å². The molecule has 13 heavy (non-hydrogen) atoms. The van der Waals surface area contributed by atoms with Crippen molar-refractivity contribution in [2.24, 2.45) is 5.92 Å². The normalized spacial score (nSPS) is 19.8. The third-order valence-corrected chi connectivity index (χ3v) is 3.18. The molecular weight excluding hydrogens is 232 g/mol. The highest BCUT2D eigenvalue weighted by atomic mass is 79.9. The van der Waals surface area contributed by atoms with Crippen molar-refractivity contribution >= 4 is 15.9 Å². The summed E-state index contributed by atoms with van der Waals surface area (Å²) in [4.78, 5) is 0. The van der Waals surface area contributed by atoms with E-state index < -0.39 is 0 Å². The van der Waals surface area contributed by atoms with Crippen LogP contribution >= 0.6 is 15.9 Å². The molecule has 0 saturated heterocycles. The number of aliphatic hydroxyl groups excluding tert-OH is 1. The molecule has 1 unspecified atom stereocenters. The van der Waals surface area contributed by atoms with Crippen LogP contribution in [0.15, 0.2) is 21.4 Å². The first kappa shape index (κ1) is 9.28. The summed E-state index contributed by atoms with van der Waals surface area (Å²) in [5.41, 5.74) is 1.08. The third-order valence-electron chi connectivity index (χ3n) is 2.76. The molecule has 1 aliphatic carbocycles. The van der Waals surface area contributed by atoms with Gasteiger partial charge in [0.05, 0.1) is 12.4 Å². The van der Waals surface area contributed by atoms with Gasteiger partial charge in [-0.1, -0.05) is 6.42 Å². The van der Waals surface area contributed by atoms with Gasteiger partial charge < -0.3 is 9.52 Å². The average Bonchev–Trinajstić information content (AvgIpc) is 2.31. The number of hydrogen-bond donors (Lipinski definition) is 1. The van der Waals surface area contributed by atoms with E-state index in [2.05, 4.69) is 15.9 Å². The molecule has 1 N–H and O–H groups in total. The zero-order valence-corrected chi connectivity index (χ0v) is 8.96. The van der Waals surface area contributed by atoms with Gasteiger partial charge in [0.15, 0.2) is 4.67 Å². The second kappa shape index (κ2) is 3.84. The van der Waals surface area contributed by atoms with Gasteiger partial charge in [0, 0.05) is 6.42 Å². The highest BCUT2D eigenvalue weighted by molar-refractivity contribution is 9.10. The molecule has 1 aromatic heterocycles. The second-order valence-electron chi connectivity index (χ2n) is 3.72. The second-order valence-corrected chi connectivity index (χ2v) is 4.50. The van der Waals surface area contributed by atoms with Crippen LogP contribution in [0.4, 0.5) is 0 Å².